The molecule has 7 heteroatoms. The van der Waals surface area contributed by atoms with Crippen LogP contribution >= 0.6 is 0 Å². The molecule has 7 nitrogen and oxygen atoms in total. The lowest BCUT2D eigenvalue weighted by molar-refractivity contribution is 0.429. The summed E-state index contributed by atoms with van der Waals surface area (Å²) in [4.78, 5) is 18.1. The van der Waals surface area contributed by atoms with Crippen molar-refractivity contribution in [2.75, 3.05) is 0 Å². The van der Waals surface area contributed by atoms with E-state index in [9.17, 15) is 9.90 Å². The first-order chi connectivity index (χ1) is 18.1. The minimum absolute atomic E-state index is 0.00241. The first-order valence-electron chi connectivity index (χ1n) is 11.9. The van der Waals surface area contributed by atoms with Gasteiger partial charge in [-0.3, -0.25) is 4.79 Å². The van der Waals surface area contributed by atoms with Crippen LogP contribution in [0.2, 0.25) is 0 Å². The number of rotatable bonds is 5. The summed E-state index contributed by atoms with van der Waals surface area (Å²) in [5.41, 5.74) is 4.17. The van der Waals surface area contributed by atoms with E-state index < -0.39 is 0 Å². The van der Waals surface area contributed by atoms with Crippen LogP contribution in [0.15, 0.2) is 118 Å². The van der Waals surface area contributed by atoms with E-state index in [0.717, 1.165) is 22.0 Å². The van der Waals surface area contributed by atoms with Gasteiger partial charge < -0.3 is 9.67 Å². The van der Waals surface area contributed by atoms with Crippen LogP contribution in [0.5, 0.6) is 5.88 Å². The molecule has 0 atom stereocenters. The second-order valence-electron chi connectivity index (χ2n) is 8.87. The molecule has 0 saturated carbocycles. The minimum atomic E-state index is -0.239. The SMILES string of the molecule is Cc1ccc2c(c1)c(N=Nc1nc3ccccc3c(=O)n1-c1ccccc1)c(O)n2Cc1ccccc1. The van der Waals surface area contributed by atoms with Crippen molar-refractivity contribution in [1.82, 2.24) is 14.1 Å². The van der Waals surface area contributed by atoms with Gasteiger partial charge in [0.15, 0.2) is 5.69 Å². The van der Waals surface area contributed by atoms with Crippen molar-refractivity contribution in [2.45, 2.75) is 13.5 Å². The quantitative estimate of drug-likeness (QED) is 0.272. The zero-order valence-electron chi connectivity index (χ0n) is 20.1. The molecule has 0 saturated heterocycles. The maximum Gasteiger partial charge on any atom is 0.267 e. The first kappa shape index (κ1) is 22.4. The van der Waals surface area contributed by atoms with Crippen molar-refractivity contribution in [3.8, 4) is 11.6 Å². The molecule has 6 aromatic rings. The normalized spacial score (nSPS) is 11.6. The van der Waals surface area contributed by atoms with E-state index in [4.69, 9.17) is 0 Å². The van der Waals surface area contributed by atoms with Crippen LogP contribution in [-0.2, 0) is 6.54 Å². The number of aromatic nitrogens is 3. The Morgan fingerprint density at radius 2 is 1.51 bits per heavy atom. The molecule has 4 aromatic carbocycles. The van der Waals surface area contributed by atoms with Crippen molar-refractivity contribution in [2.24, 2.45) is 10.2 Å². The second-order valence-corrected chi connectivity index (χ2v) is 8.87. The van der Waals surface area contributed by atoms with Gasteiger partial charge in [-0.15, -0.1) is 10.2 Å². The Bertz CT molecular complexity index is 1840. The summed E-state index contributed by atoms with van der Waals surface area (Å²) in [6.07, 6.45) is 0. The molecule has 0 aliphatic carbocycles. The van der Waals surface area contributed by atoms with Gasteiger partial charge in [-0.1, -0.05) is 72.3 Å². The van der Waals surface area contributed by atoms with Crippen LogP contribution in [0.3, 0.4) is 0 Å². The number of hydrogen-bond donors (Lipinski definition) is 1. The van der Waals surface area contributed by atoms with Gasteiger partial charge in [0.1, 0.15) is 0 Å². The lowest BCUT2D eigenvalue weighted by Gasteiger charge is -2.09. The summed E-state index contributed by atoms with van der Waals surface area (Å²) in [5, 5.41) is 21.4. The molecule has 0 spiro atoms. The molecular weight excluding hydrogens is 462 g/mol. The van der Waals surface area contributed by atoms with Gasteiger partial charge >= 0.3 is 0 Å². The molecule has 0 aliphatic heterocycles. The summed E-state index contributed by atoms with van der Waals surface area (Å²) in [6.45, 7) is 2.47. The third kappa shape index (κ3) is 4.06. The smallest absolute Gasteiger partial charge is 0.267 e. The van der Waals surface area contributed by atoms with Crippen LogP contribution in [0.25, 0.3) is 27.5 Å². The van der Waals surface area contributed by atoms with E-state index in [2.05, 4.69) is 15.2 Å². The molecular formula is C30H23N5O2. The molecule has 2 heterocycles. The summed E-state index contributed by atoms with van der Waals surface area (Å²) >= 11 is 0. The predicted molar refractivity (Wildman–Crippen MR) is 145 cm³/mol. The average Bonchev–Trinajstić information content (AvgIpc) is 3.18. The van der Waals surface area contributed by atoms with Gasteiger partial charge in [0.25, 0.3) is 11.5 Å². The molecule has 0 fully saturated rings. The van der Waals surface area contributed by atoms with E-state index in [1.165, 1.54) is 4.57 Å². The van der Waals surface area contributed by atoms with Crippen molar-refractivity contribution in [3.63, 3.8) is 0 Å². The van der Waals surface area contributed by atoms with Crippen molar-refractivity contribution in [1.29, 1.82) is 0 Å². The third-order valence-electron chi connectivity index (χ3n) is 6.36. The Morgan fingerprint density at radius 3 is 2.30 bits per heavy atom. The fourth-order valence-corrected chi connectivity index (χ4v) is 4.55. The lowest BCUT2D eigenvalue weighted by Crippen LogP contribution is -2.19. The van der Waals surface area contributed by atoms with Gasteiger partial charge in [-0.05, 0) is 48.9 Å². The Kier molecular flexibility index (Phi) is 5.58. The molecule has 0 aliphatic rings. The zero-order valence-corrected chi connectivity index (χ0v) is 20.1. The standard InChI is InChI=1S/C30H23N5O2/c1-20-16-17-26-24(18-20)27(29(37)34(26)19-21-10-4-2-5-11-21)32-33-30-31-25-15-9-8-14-23(25)28(36)35(30)22-12-6-3-7-13-22/h2-18,37H,19H2,1H3. The summed E-state index contributed by atoms with van der Waals surface area (Å²) in [5.74, 6) is 0.133. The molecule has 37 heavy (non-hydrogen) atoms. The molecule has 6 rings (SSSR count). The van der Waals surface area contributed by atoms with Gasteiger partial charge in [0.05, 0.1) is 28.7 Å². The Morgan fingerprint density at radius 1 is 0.811 bits per heavy atom. The number of aromatic hydroxyl groups is 1. The summed E-state index contributed by atoms with van der Waals surface area (Å²) < 4.78 is 3.26. The number of fused-ring (bicyclic) bond motifs is 2. The van der Waals surface area contributed by atoms with Crippen LogP contribution < -0.4 is 5.56 Å². The Labute approximate surface area is 212 Å². The maximum absolute atomic E-state index is 13.5. The topological polar surface area (TPSA) is 84.8 Å². The molecule has 0 radical (unpaired) electrons. The molecule has 0 unspecified atom stereocenters. The van der Waals surface area contributed by atoms with Crippen molar-refractivity contribution < 1.29 is 5.11 Å². The third-order valence-corrected chi connectivity index (χ3v) is 6.36. The number of nitrogens with zero attached hydrogens (tertiary/aromatic N) is 5. The summed E-state index contributed by atoms with van der Waals surface area (Å²) in [6, 6.07) is 32.3. The van der Waals surface area contributed by atoms with Gasteiger partial charge in [0, 0.05) is 5.39 Å². The van der Waals surface area contributed by atoms with Gasteiger partial charge in [0.2, 0.25) is 5.88 Å². The van der Waals surface area contributed by atoms with E-state index >= 15 is 0 Å². The van der Waals surface area contributed by atoms with E-state index in [0.29, 0.717) is 28.8 Å². The van der Waals surface area contributed by atoms with Crippen LogP contribution in [-0.4, -0.2) is 19.2 Å². The highest BCUT2D eigenvalue weighted by atomic mass is 16.3. The Balaban J connectivity index is 1.54. The molecule has 180 valence electrons. The highest BCUT2D eigenvalue weighted by Gasteiger charge is 2.18. The predicted octanol–water partition coefficient (Wildman–Crippen LogP) is 6.82. The van der Waals surface area contributed by atoms with Crippen LogP contribution in [0, 0.1) is 6.92 Å². The summed E-state index contributed by atoms with van der Waals surface area (Å²) in [7, 11) is 0. The molecule has 2 aromatic heterocycles. The van der Waals surface area contributed by atoms with Gasteiger partial charge in [-0.2, -0.15) is 0 Å². The number of hydrogen-bond acceptors (Lipinski definition) is 5. The maximum atomic E-state index is 13.5. The van der Waals surface area contributed by atoms with E-state index in [-0.39, 0.29) is 17.4 Å². The highest BCUT2D eigenvalue weighted by Crippen LogP contribution is 2.40. The monoisotopic (exact) mass is 485 g/mol. The van der Waals surface area contributed by atoms with Crippen molar-refractivity contribution >= 4 is 33.4 Å². The fourth-order valence-electron chi connectivity index (χ4n) is 4.55. The largest absolute Gasteiger partial charge is 0.493 e. The van der Waals surface area contributed by atoms with E-state index in [1.807, 2.05) is 102 Å². The number of para-hydroxylation sites is 2. The van der Waals surface area contributed by atoms with Crippen molar-refractivity contribution in [3.05, 3.63) is 125 Å². The molecule has 1 N–H and O–H groups in total. The minimum Gasteiger partial charge on any atom is -0.493 e. The molecule has 0 bridgehead atoms. The number of benzene rings is 4. The van der Waals surface area contributed by atoms with Crippen LogP contribution in [0.1, 0.15) is 11.1 Å². The second kappa shape index (κ2) is 9.20. The Hall–Kier alpha value is -5.04. The van der Waals surface area contributed by atoms with Crippen LogP contribution in [0.4, 0.5) is 11.6 Å². The average molecular weight is 486 g/mol. The van der Waals surface area contributed by atoms with E-state index in [1.54, 1.807) is 12.1 Å². The first-order valence-corrected chi connectivity index (χ1v) is 11.9. The highest BCUT2D eigenvalue weighted by molar-refractivity contribution is 5.95. The lowest BCUT2D eigenvalue weighted by atomic mass is 10.1. The molecule has 0 amide bonds. The number of azo groups is 1. The zero-order chi connectivity index (χ0) is 25.4. The number of aryl methyl sites for hydroxylation is 1. The fraction of sp³-hybridized carbons (Fsp3) is 0.0667. The van der Waals surface area contributed by atoms with Gasteiger partial charge in [-0.25, -0.2) is 9.55 Å².